The zero-order valence-electron chi connectivity index (χ0n) is 17.9. The van der Waals surface area contributed by atoms with Crippen molar-refractivity contribution in [1.82, 2.24) is 24.5 Å². The van der Waals surface area contributed by atoms with E-state index in [9.17, 15) is 13.2 Å². The van der Waals surface area contributed by atoms with Gasteiger partial charge in [-0.3, -0.25) is 4.79 Å². The fourth-order valence-corrected chi connectivity index (χ4v) is 4.47. The first-order chi connectivity index (χ1) is 16.4. The molecule has 0 amide bonds. The van der Waals surface area contributed by atoms with Gasteiger partial charge in [0.15, 0.2) is 5.03 Å². The Bertz CT molecular complexity index is 1340. The first kappa shape index (κ1) is 23.1. The predicted molar refractivity (Wildman–Crippen MR) is 125 cm³/mol. The normalized spacial score (nSPS) is 12.2. The Morgan fingerprint density at radius 2 is 1.82 bits per heavy atom. The summed E-state index contributed by atoms with van der Waals surface area (Å²) in [7, 11) is -3.94. The van der Waals surface area contributed by atoms with Crippen LogP contribution in [0.25, 0.3) is 5.69 Å². The van der Waals surface area contributed by atoms with Crippen molar-refractivity contribution in [3.8, 4) is 5.69 Å². The molecule has 3 aromatic heterocycles. The van der Waals surface area contributed by atoms with Crippen LogP contribution in [0.2, 0.25) is 0 Å². The molecule has 11 heteroatoms. The Morgan fingerprint density at radius 3 is 2.50 bits per heavy atom. The van der Waals surface area contributed by atoms with E-state index in [1.54, 1.807) is 41.2 Å². The summed E-state index contributed by atoms with van der Waals surface area (Å²) in [5.74, 6) is -0.701. The number of aromatic nitrogens is 4. The number of sulfonamides is 1. The van der Waals surface area contributed by atoms with E-state index in [2.05, 4.69) is 25.1 Å². The molecule has 0 spiro atoms. The molecule has 0 fully saturated rings. The first-order valence-corrected chi connectivity index (χ1v) is 11.8. The van der Waals surface area contributed by atoms with E-state index < -0.39 is 22.0 Å². The van der Waals surface area contributed by atoms with Gasteiger partial charge in [-0.25, -0.2) is 27.8 Å². The van der Waals surface area contributed by atoms with Crippen molar-refractivity contribution in [2.24, 2.45) is 0 Å². The third-order valence-corrected chi connectivity index (χ3v) is 6.29. The van der Waals surface area contributed by atoms with E-state index in [0.717, 1.165) is 11.3 Å². The number of hydrogen-bond donors (Lipinski definition) is 3. The van der Waals surface area contributed by atoms with Gasteiger partial charge in [-0.15, -0.1) is 0 Å². The molecule has 0 saturated carbocycles. The van der Waals surface area contributed by atoms with Crippen molar-refractivity contribution in [2.75, 3.05) is 11.9 Å². The number of hydrogen-bond acceptors (Lipinski definition) is 7. The number of aliphatic carboxylic acids is 1. The maximum Gasteiger partial charge on any atom is 0.322 e. The van der Waals surface area contributed by atoms with Gasteiger partial charge in [0.25, 0.3) is 10.0 Å². The number of pyridine rings is 2. The molecule has 0 aliphatic carbocycles. The molecule has 1 aromatic carbocycles. The lowest BCUT2D eigenvalue weighted by Gasteiger charge is -2.19. The lowest BCUT2D eigenvalue weighted by molar-refractivity contribution is -0.134. The molecule has 1 atom stereocenters. The SMILES string of the molecule is O=C(O)CNc1cccc(C(Cc2ccc(-n3cccn3)cc2)NS(=O)(=O)c2ccccn2)n1. The highest BCUT2D eigenvalue weighted by Crippen LogP contribution is 2.22. The van der Waals surface area contributed by atoms with Crippen LogP contribution in [0, 0.1) is 0 Å². The van der Waals surface area contributed by atoms with Gasteiger partial charge in [-0.05, 0) is 54.4 Å². The fraction of sp³-hybridized carbons (Fsp3) is 0.130. The molecule has 10 nitrogen and oxygen atoms in total. The van der Waals surface area contributed by atoms with E-state index in [0.29, 0.717) is 17.9 Å². The van der Waals surface area contributed by atoms with Crippen LogP contribution >= 0.6 is 0 Å². The lowest BCUT2D eigenvalue weighted by Crippen LogP contribution is -2.31. The summed E-state index contributed by atoms with van der Waals surface area (Å²) in [6.07, 6.45) is 5.23. The maximum atomic E-state index is 13.0. The van der Waals surface area contributed by atoms with Gasteiger partial charge in [0.05, 0.1) is 17.4 Å². The van der Waals surface area contributed by atoms with Gasteiger partial charge in [0.2, 0.25) is 0 Å². The molecule has 0 aliphatic heterocycles. The Kier molecular flexibility index (Phi) is 6.95. The topological polar surface area (TPSA) is 139 Å². The largest absolute Gasteiger partial charge is 0.480 e. The van der Waals surface area contributed by atoms with Crippen LogP contribution in [0.15, 0.2) is 90.3 Å². The summed E-state index contributed by atoms with van der Waals surface area (Å²) in [5, 5.41) is 15.7. The third kappa shape index (κ3) is 5.82. The first-order valence-electron chi connectivity index (χ1n) is 10.4. The second kappa shape index (κ2) is 10.2. The van der Waals surface area contributed by atoms with Crippen LogP contribution in [-0.4, -0.2) is 45.8 Å². The van der Waals surface area contributed by atoms with Crippen LogP contribution in [0.1, 0.15) is 17.3 Å². The number of nitrogens with one attached hydrogen (secondary N) is 2. The average molecular weight is 479 g/mol. The summed E-state index contributed by atoms with van der Waals surface area (Å²) in [6.45, 7) is -0.310. The van der Waals surface area contributed by atoms with E-state index in [1.165, 1.54) is 12.3 Å². The minimum atomic E-state index is -3.94. The highest BCUT2D eigenvalue weighted by molar-refractivity contribution is 7.89. The van der Waals surface area contributed by atoms with E-state index in [-0.39, 0.29) is 11.6 Å². The van der Waals surface area contributed by atoms with Crippen molar-refractivity contribution >= 4 is 21.8 Å². The van der Waals surface area contributed by atoms with Crippen LogP contribution in [-0.2, 0) is 21.2 Å². The smallest absolute Gasteiger partial charge is 0.322 e. The average Bonchev–Trinajstić information content (AvgIpc) is 3.38. The summed E-state index contributed by atoms with van der Waals surface area (Å²) < 4.78 is 30.4. The molecule has 0 radical (unpaired) electrons. The maximum absolute atomic E-state index is 13.0. The molecular weight excluding hydrogens is 456 g/mol. The summed E-state index contributed by atoms with van der Waals surface area (Å²) >= 11 is 0. The van der Waals surface area contributed by atoms with Crippen LogP contribution in [0.4, 0.5) is 5.82 Å². The van der Waals surface area contributed by atoms with Crippen molar-refractivity contribution in [3.63, 3.8) is 0 Å². The number of rotatable bonds is 10. The molecule has 4 rings (SSSR count). The number of carbonyl (C=O) groups is 1. The molecule has 34 heavy (non-hydrogen) atoms. The minimum absolute atomic E-state index is 0.103. The van der Waals surface area contributed by atoms with E-state index in [4.69, 9.17) is 5.11 Å². The molecule has 0 aliphatic rings. The quantitative estimate of drug-likeness (QED) is 0.316. The van der Waals surface area contributed by atoms with Gasteiger partial charge in [-0.1, -0.05) is 24.3 Å². The van der Waals surface area contributed by atoms with Gasteiger partial charge >= 0.3 is 5.97 Å². The second-order valence-corrected chi connectivity index (χ2v) is 9.02. The number of nitrogens with zero attached hydrogens (tertiary/aromatic N) is 4. The Labute approximate surface area is 196 Å². The molecular formula is C23H22N6O4S. The van der Waals surface area contributed by atoms with Gasteiger partial charge in [0.1, 0.15) is 12.4 Å². The lowest BCUT2D eigenvalue weighted by atomic mass is 10.0. The predicted octanol–water partition coefficient (Wildman–Crippen LogP) is 2.42. The van der Waals surface area contributed by atoms with Gasteiger partial charge < -0.3 is 10.4 Å². The Hall–Kier alpha value is -4.09. The zero-order valence-corrected chi connectivity index (χ0v) is 18.8. The fourth-order valence-electron chi connectivity index (χ4n) is 3.31. The third-order valence-electron chi connectivity index (χ3n) is 4.90. The zero-order chi connectivity index (χ0) is 24.0. The van der Waals surface area contributed by atoms with Gasteiger partial charge in [-0.2, -0.15) is 5.10 Å². The minimum Gasteiger partial charge on any atom is -0.480 e. The van der Waals surface area contributed by atoms with Crippen LogP contribution in [0.3, 0.4) is 0 Å². The number of anilines is 1. The molecule has 1 unspecified atom stereocenters. The van der Waals surface area contributed by atoms with Crippen LogP contribution < -0.4 is 10.0 Å². The van der Waals surface area contributed by atoms with Gasteiger partial charge in [0, 0.05) is 18.6 Å². The van der Waals surface area contributed by atoms with Crippen LogP contribution in [0.5, 0.6) is 0 Å². The van der Waals surface area contributed by atoms with E-state index in [1.807, 2.05) is 36.5 Å². The summed E-state index contributed by atoms with van der Waals surface area (Å²) in [6, 6.07) is 18.3. The number of carboxylic acid groups (broad SMARTS) is 1. The summed E-state index contributed by atoms with van der Waals surface area (Å²) in [4.78, 5) is 19.3. The highest BCUT2D eigenvalue weighted by Gasteiger charge is 2.24. The van der Waals surface area contributed by atoms with Crippen molar-refractivity contribution in [1.29, 1.82) is 0 Å². The van der Waals surface area contributed by atoms with Crippen molar-refractivity contribution in [3.05, 3.63) is 96.6 Å². The monoisotopic (exact) mass is 478 g/mol. The highest BCUT2D eigenvalue weighted by atomic mass is 32.2. The van der Waals surface area contributed by atoms with Crippen molar-refractivity contribution < 1.29 is 18.3 Å². The number of carboxylic acids is 1. The molecule has 4 aromatic rings. The Morgan fingerprint density at radius 1 is 1.00 bits per heavy atom. The molecule has 174 valence electrons. The molecule has 0 saturated heterocycles. The second-order valence-electron chi connectivity index (χ2n) is 7.36. The number of benzene rings is 1. The molecule has 3 N–H and O–H groups in total. The standard InChI is InChI=1S/C23H22N6O4S/c30-23(31)16-25-21-6-3-5-19(27-21)20(28-34(32,33)22-7-1-2-12-24-22)15-17-8-10-18(11-9-17)29-14-4-13-26-29/h1-14,20,28H,15-16H2,(H,25,27)(H,30,31). The molecule has 3 heterocycles. The van der Waals surface area contributed by atoms with E-state index >= 15 is 0 Å². The van der Waals surface area contributed by atoms with Crippen molar-refractivity contribution in [2.45, 2.75) is 17.5 Å². The summed E-state index contributed by atoms with van der Waals surface area (Å²) in [5.41, 5.74) is 2.18. The Balaban J connectivity index is 1.63. The molecule has 0 bridgehead atoms.